The van der Waals surface area contributed by atoms with Gasteiger partial charge in [-0.25, -0.2) is 0 Å². The second kappa shape index (κ2) is 8.54. The Balaban J connectivity index is 2.02. The summed E-state index contributed by atoms with van der Waals surface area (Å²) in [5, 5.41) is 0. The van der Waals surface area contributed by atoms with Crippen molar-refractivity contribution < 1.29 is 14.3 Å². The van der Waals surface area contributed by atoms with Gasteiger partial charge in [-0.2, -0.15) is 0 Å². The van der Waals surface area contributed by atoms with Crippen molar-refractivity contribution in [2.45, 2.75) is 38.5 Å². The summed E-state index contributed by atoms with van der Waals surface area (Å²) in [6.45, 7) is 1.06. The highest BCUT2D eigenvalue weighted by Crippen LogP contribution is 2.30. The first-order valence-corrected chi connectivity index (χ1v) is 8.47. The number of ketones is 1. The van der Waals surface area contributed by atoms with Crippen LogP contribution in [0, 0.1) is 5.92 Å². The summed E-state index contributed by atoms with van der Waals surface area (Å²) < 4.78 is 11.4. The van der Waals surface area contributed by atoms with Crippen molar-refractivity contribution in [1.82, 2.24) is 0 Å². The van der Waals surface area contributed by atoms with E-state index in [0.29, 0.717) is 13.2 Å². The lowest BCUT2D eigenvalue weighted by atomic mass is 9.91. The van der Waals surface area contributed by atoms with Crippen LogP contribution in [-0.4, -0.2) is 26.1 Å². The maximum absolute atomic E-state index is 12.6. The van der Waals surface area contributed by atoms with Crippen LogP contribution in [0.4, 0.5) is 0 Å². The fraction of sp³-hybridized carbons (Fsp3) is 0.588. The number of carbonyl (C=O) groups excluding carboxylic acids is 1. The summed E-state index contributed by atoms with van der Waals surface area (Å²) in [5.41, 5.74) is 0.785. The monoisotopic (exact) mass is 354 g/mol. The maximum Gasteiger partial charge on any atom is 0.165 e. The molecule has 1 aliphatic carbocycles. The van der Waals surface area contributed by atoms with Crippen molar-refractivity contribution in [2.75, 3.05) is 20.3 Å². The Labute approximate surface area is 135 Å². The zero-order chi connectivity index (χ0) is 15.1. The quantitative estimate of drug-likeness (QED) is 0.424. The average molecular weight is 355 g/mol. The maximum atomic E-state index is 12.6. The number of hydrogen-bond acceptors (Lipinski definition) is 3. The molecule has 0 heterocycles. The van der Waals surface area contributed by atoms with E-state index in [1.807, 2.05) is 18.2 Å². The molecule has 0 unspecified atom stereocenters. The summed E-state index contributed by atoms with van der Waals surface area (Å²) in [6, 6.07) is 5.62. The smallest absolute Gasteiger partial charge is 0.165 e. The lowest BCUT2D eigenvalue weighted by Gasteiger charge is -2.14. The molecule has 0 bridgehead atoms. The summed E-state index contributed by atoms with van der Waals surface area (Å²) in [4.78, 5) is 12.6. The molecule has 0 spiro atoms. The van der Waals surface area contributed by atoms with Crippen molar-refractivity contribution in [3.63, 3.8) is 0 Å². The van der Waals surface area contributed by atoms with Gasteiger partial charge < -0.3 is 9.47 Å². The predicted molar refractivity (Wildman–Crippen MR) is 87.0 cm³/mol. The number of ether oxygens (including phenoxy) is 2. The fourth-order valence-electron chi connectivity index (χ4n) is 2.78. The largest absolute Gasteiger partial charge is 0.490 e. The molecule has 2 rings (SSSR count). The Morgan fingerprint density at radius 2 is 1.90 bits per heavy atom. The summed E-state index contributed by atoms with van der Waals surface area (Å²) >= 11 is 3.49. The Kier molecular flexibility index (Phi) is 6.71. The van der Waals surface area contributed by atoms with Crippen LogP contribution in [0.15, 0.2) is 22.7 Å². The lowest BCUT2D eigenvalue weighted by Crippen LogP contribution is -2.14. The molecule has 0 amide bonds. The second-order valence-corrected chi connectivity index (χ2v) is 6.39. The first-order chi connectivity index (χ1) is 10.2. The van der Waals surface area contributed by atoms with Crippen molar-refractivity contribution in [3.05, 3.63) is 28.2 Å². The highest BCUT2D eigenvalue weighted by molar-refractivity contribution is 9.10. The van der Waals surface area contributed by atoms with Gasteiger partial charge in [0.2, 0.25) is 0 Å². The van der Waals surface area contributed by atoms with Crippen LogP contribution in [0.2, 0.25) is 0 Å². The standard InChI is InChI=1S/C17H23BrO3/c1-20-10-11-21-16-9-8-14(12-15(16)18)17(19)13-6-4-2-3-5-7-13/h8-9,12-13H,2-7,10-11H2,1H3. The van der Waals surface area contributed by atoms with Crippen LogP contribution in [-0.2, 0) is 4.74 Å². The molecular formula is C17H23BrO3. The molecule has 0 saturated heterocycles. The van der Waals surface area contributed by atoms with E-state index in [1.54, 1.807) is 7.11 Å². The molecule has 0 atom stereocenters. The lowest BCUT2D eigenvalue weighted by molar-refractivity contribution is 0.0907. The number of hydrogen-bond donors (Lipinski definition) is 0. The number of rotatable bonds is 6. The van der Waals surface area contributed by atoms with Crippen LogP contribution < -0.4 is 4.74 Å². The van der Waals surface area contributed by atoms with E-state index in [0.717, 1.165) is 28.6 Å². The van der Waals surface area contributed by atoms with Crippen molar-refractivity contribution in [2.24, 2.45) is 5.92 Å². The highest BCUT2D eigenvalue weighted by atomic mass is 79.9. The Bertz CT molecular complexity index is 465. The van der Waals surface area contributed by atoms with Gasteiger partial charge in [0.25, 0.3) is 0 Å². The Morgan fingerprint density at radius 3 is 2.52 bits per heavy atom. The SMILES string of the molecule is COCCOc1ccc(C(=O)C2CCCCCC2)cc1Br. The molecule has 0 N–H and O–H groups in total. The normalized spacial score (nSPS) is 16.5. The molecule has 1 aliphatic rings. The Hall–Kier alpha value is -0.870. The summed E-state index contributed by atoms with van der Waals surface area (Å²) in [6.07, 6.45) is 6.94. The van der Waals surface area contributed by atoms with E-state index < -0.39 is 0 Å². The van der Waals surface area contributed by atoms with Crippen LogP contribution in [0.5, 0.6) is 5.75 Å². The van der Waals surface area contributed by atoms with Gasteiger partial charge in [0, 0.05) is 18.6 Å². The van der Waals surface area contributed by atoms with Crippen LogP contribution in [0.1, 0.15) is 48.9 Å². The van der Waals surface area contributed by atoms with Crippen LogP contribution in [0.3, 0.4) is 0 Å². The summed E-state index contributed by atoms with van der Waals surface area (Å²) in [7, 11) is 1.65. The van der Waals surface area contributed by atoms with Gasteiger partial charge in [0.1, 0.15) is 12.4 Å². The average Bonchev–Trinajstić information content (AvgIpc) is 2.77. The van der Waals surface area contributed by atoms with Gasteiger partial charge in [-0.1, -0.05) is 25.7 Å². The molecule has 21 heavy (non-hydrogen) atoms. The van der Waals surface area contributed by atoms with E-state index in [4.69, 9.17) is 9.47 Å². The second-order valence-electron chi connectivity index (χ2n) is 5.54. The van der Waals surface area contributed by atoms with Gasteiger partial charge in [-0.05, 0) is 47.0 Å². The molecule has 116 valence electrons. The molecule has 1 aromatic carbocycles. The fourth-order valence-corrected chi connectivity index (χ4v) is 3.28. The van der Waals surface area contributed by atoms with Gasteiger partial charge in [0.15, 0.2) is 5.78 Å². The first-order valence-electron chi connectivity index (χ1n) is 7.68. The minimum Gasteiger partial charge on any atom is -0.490 e. The molecular weight excluding hydrogens is 332 g/mol. The zero-order valence-electron chi connectivity index (χ0n) is 12.6. The van der Waals surface area contributed by atoms with Crippen molar-refractivity contribution in [3.8, 4) is 5.75 Å². The minimum absolute atomic E-state index is 0.194. The molecule has 0 aromatic heterocycles. The minimum atomic E-state index is 0.194. The van der Waals surface area contributed by atoms with Crippen molar-refractivity contribution in [1.29, 1.82) is 0 Å². The third-order valence-corrected chi connectivity index (χ3v) is 4.61. The van der Waals surface area contributed by atoms with Gasteiger partial charge in [0.05, 0.1) is 11.1 Å². The van der Waals surface area contributed by atoms with E-state index in [1.165, 1.54) is 25.7 Å². The molecule has 1 aromatic rings. The van der Waals surface area contributed by atoms with Crippen LogP contribution >= 0.6 is 15.9 Å². The highest BCUT2D eigenvalue weighted by Gasteiger charge is 2.22. The molecule has 3 nitrogen and oxygen atoms in total. The van der Waals surface area contributed by atoms with Gasteiger partial charge in [-0.3, -0.25) is 4.79 Å². The van der Waals surface area contributed by atoms with E-state index in [-0.39, 0.29) is 11.7 Å². The van der Waals surface area contributed by atoms with Gasteiger partial charge in [-0.15, -0.1) is 0 Å². The molecule has 1 saturated carbocycles. The number of methoxy groups -OCH3 is 1. The number of Topliss-reactive ketones (excluding diaryl/α,β-unsaturated/α-hetero) is 1. The van der Waals surface area contributed by atoms with E-state index in [2.05, 4.69) is 15.9 Å². The molecule has 1 fully saturated rings. The molecule has 4 heteroatoms. The van der Waals surface area contributed by atoms with Crippen molar-refractivity contribution >= 4 is 21.7 Å². The number of halogens is 1. The molecule has 0 aliphatic heterocycles. The predicted octanol–water partition coefficient (Wildman–Crippen LogP) is 4.63. The summed E-state index contributed by atoms with van der Waals surface area (Å²) in [5.74, 6) is 1.23. The van der Waals surface area contributed by atoms with Crippen LogP contribution in [0.25, 0.3) is 0 Å². The zero-order valence-corrected chi connectivity index (χ0v) is 14.2. The number of benzene rings is 1. The molecule has 0 radical (unpaired) electrons. The third kappa shape index (κ3) is 4.82. The number of carbonyl (C=O) groups is 1. The first kappa shape index (κ1) is 16.5. The third-order valence-electron chi connectivity index (χ3n) is 3.99. The van der Waals surface area contributed by atoms with E-state index in [9.17, 15) is 4.79 Å². The van der Waals surface area contributed by atoms with E-state index >= 15 is 0 Å². The topological polar surface area (TPSA) is 35.5 Å². The Morgan fingerprint density at radius 1 is 1.19 bits per heavy atom. The van der Waals surface area contributed by atoms with Gasteiger partial charge >= 0.3 is 0 Å².